The Kier molecular flexibility index (Phi) is 6.83. The number of rotatable bonds is 9. The van der Waals surface area contributed by atoms with E-state index in [2.05, 4.69) is 42.9 Å². The lowest BCUT2D eigenvalue weighted by Gasteiger charge is -2.25. The van der Waals surface area contributed by atoms with Gasteiger partial charge in [0.25, 0.3) is 0 Å². The maximum atomic E-state index is 3.60. The van der Waals surface area contributed by atoms with Gasteiger partial charge in [-0.2, -0.15) is 11.3 Å². The third kappa shape index (κ3) is 6.85. The fourth-order valence-corrected chi connectivity index (χ4v) is 2.74. The average molecular weight is 253 g/mol. The first kappa shape index (κ1) is 14.7. The van der Waals surface area contributed by atoms with E-state index >= 15 is 0 Å². The van der Waals surface area contributed by atoms with E-state index in [0.717, 1.165) is 19.5 Å². The SMILES string of the molecule is CCCCCC(C)(C)CNCCc1ccsc1. The summed E-state index contributed by atoms with van der Waals surface area (Å²) in [6.45, 7) is 9.27. The maximum absolute atomic E-state index is 3.60. The van der Waals surface area contributed by atoms with E-state index in [0.29, 0.717) is 5.41 Å². The fourth-order valence-electron chi connectivity index (χ4n) is 2.04. The van der Waals surface area contributed by atoms with Gasteiger partial charge in [-0.05, 0) is 47.2 Å². The third-order valence-electron chi connectivity index (χ3n) is 3.23. The van der Waals surface area contributed by atoms with Crippen molar-refractivity contribution < 1.29 is 0 Å². The molecule has 2 heteroatoms. The van der Waals surface area contributed by atoms with Crippen LogP contribution >= 0.6 is 11.3 Å². The lowest BCUT2D eigenvalue weighted by Crippen LogP contribution is -2.30. The predicted molar refractivity (Wildman–Crippen MR) is 78.8 cm³/mol. The first-order chi connectivity index (χ1) is 8.14. The van der Waals surface area contributed by atoms with E-state index in [1.165, 1.54) is 31.2 Å². The number of hydrogen-bond donors (Lipinski definition) is 1. The van der Waals surface area contributed by atoms with Crippen molar-refractivity contribution in [3.05, 3.63) is 22.4 Å². The van der Waals surface area contributed by atoms with Gasteiger partial charge in [0.2, 0.25) is 0 Å². The van der Waals surface area contributed by atoms with Crippen molar-refractivity contribution in [2.75, 3.05) is 13.1 Å². The molecule has 0 atom stereocenters. The zero-order chi connectivity index (χ0) is 12.6. The third-order valence-corrected chi connectivity index (χ3v) is 3.96. The molecule has 1 nitrogen and oxygen atoms in total. The molecular weight excluding hydrogens is 226 g/mol. The Balaban J connectivity index is 2.07. The summed E-state index contributed by atoms with van der Waals surface area (Å²) in [5, 5.41) is 8.00. The van der Waals surface area contributed by atoms with Crippen LogP contribution in [0.25, 0.3) is 0 Å². The molecule has 1 rings (SSSR count). The molecule has 0 bridgehead atoms. The number of hydrogen-bond acceptors (Lipinski definition) is 2. The molecule has 1 aromatic heterocycles. The van der Waals surface area contributed by atoms with Crippen LogP contribution < -0.4 is 5.32 Å². The van der Waals surface area contributed by atoms with Crippen LogP contribution in [-0.2, 0) is 6.42 Å². The first-order valence-corrected chi connectivity index (χ1v) is 7.80. The molecule has 0 aliphatic heterocycles. The van der Waals surface area contributed by atoms with Crippen LogP contribution in [0.5, 0.6) is 0 Å². The Morgan fingerprint density at radius 3 is 2.76 bits per heavy atom. The van der Waals surface area contributed by atoms with Crippen LogP contribution in [0.15, 0.2) is 16.8 Å². The highest BCUT2D eigenvalue weighted by Gasteiger charge is 2.16. The van der Waals surface area contributed by atoms with Crippen molar-refractivity contribution in [2.45, 2.75) is 52.9 Å². The summed E-state index contributed by atoms with van der Waals surface area (Å²) >= 11 is 1.79. The van der Waals surface area contributed by atoms with Crippen molar-refractivity contribution in [1.29, 1.82) is 0 Å². The average Bonchev–Trinajstić information content (AvgIpc) is 2.77. The van der Waals surface area contributed by atoms with Gasteiger partial charge in [-0.1, -0.05) is 40.0 Å². The van der Waals surface area contributed by atoms with Crippen LogP contribution in [0.4, 0.5) is 0 Å². The maximum Gasteiger partial charge on any atom is 0.000265 e. The van der Waals surface area contributed by atoms with Gasteiger partial charge in [0.1, 0.15) is 0 Å². The van der Waals surface area contributed by atoms with Crippen LogP contribution in [0.3, 0.4) is 0 Å². The molecule has 0 saturated heterocycles. The Morgan fingerprint density at radius 1 is 1.29 bits per heavy atom. The number of nitrogens with one attached hydrogen (secondary N) is 1. The van der Waals surface area contributed by atoms with Gasteiger partial charge in [-0.15, -0.1) is 0 Å². The Morgan fingerprint density at radius 2 is 2.12 bits per heavy atom. The van der Waals surface area contributed by atoms with E-state index in [-0.39, 0.29) is 0 Å². The largest absolute Gasteiger partial charge is 0.316 e. The van der Waals surface area contributed by atoms with Crippen molar-refractivity contribution in [3.8, 4) is 0 Å². The van der Waals surface area contributed by atoms with E-state index in [4.69, 9.17) is 0 Å². The molecule has 0 aliphatic carbocycles. The van der Waals surface area contributed by atoms with Crippen LogP contribution in [0, 0.1) is 5.41 Å². The summed E-state index contributed by atoms with van der Waals surface area (Å²) in [5.41, 5.74) is 1.91. The van der Waals surface area contributed by atoms with E-state index in [1.54, 1.807) is 11.3 Å². The van der Waals surface area contributed by atoms with E-state index < -0.39 is 0 Å². The number of unbranched alkanes of at least 4 members (excludes halogenated alkanes) is 2. The van der Waals surface area contributed by atoms with Gasteiger partial charge < -0.3 is 5.32 Å². The lowest BCUT2D eigenvalue weighted by molar-refractivity contribution is 0.303. The summed E-state index contributed by atoms with van der Waals surface area (Å²) in [7, 11) is 0. The highest BCUT2D eigenvalue weighted by atomic mass is 32.1. The fraction of sp³-hybridized carbons (Fsp3) is 0.733. The molecule has 0 aromatic carbocycles. The monoisotopic (exact) mass is 253 g/mol. The smallest absolute Gasteiger partial charge is 0.000265 e. The molecule has 0 fully saturated rings. The van der Waals surface area contributed by atoms with Gasteiger partial charge in [-0.25, -0.2) is 0 Å². The summed E-state index contributed by atoms with van der Waals surface area (Å²) in [6.07, 6.45) is 6.57. The van der Waals surface area contributed by atoms with Gasteiger partial charge in [0.05, 0.1) is 0 Å². The first-order valence-electron chi connectivity index (χ1n) is 6.86. The lowest BCUT2D eigenvalue weighted by atomic mass is 9.87. The molecule has 0 amide bonds. The number of thiophene rings is 1. The highest BCUT2D eigenvalue weighted by molar-refractivity contribution is 7.07. The Labute approximate surface area is 111 Å². The standard InChI is InChI=1S/C15H27NS/c1-4-5-6-9-15(2,3)13-16-10-7-14-8-11-17-12-14/h8,11-12,16H,4-7,9-10,13H2,1-3H3. The van der Waals surface area contributed by atoms with Crippen molar-refractivity contribution in [1.82, 2.24) is 5.32 Å². The molecule has 1 aromatic rings. The Bertz CT molecular complexity index is 277. The van der Waals surface area contributed by atoms with E-state index in [1.807, 2.05) is 0 Å². The Hall–Kier alpha value is -0.340. The minimum atomic E-state index is 0.448. The van der Waals surface area contributed by atoms with Crippen molar-refractivity contribution in [2.24, 2.45) is 5.41 Å². The summed E-state index contributed by atoms with van der Waals surface area (Å²) in [4.78, 5) is 0. The molecule has 0 radical (unpaired) electrons. The molecule has 0 aliphatic rings. The topological polar surface area (TPSA) is 12.0 Å². The minimum Gasteiger partial charge on any atom is -0.316 e. The second-order valence-electron chi connectivity index (χ2n) is 5.68. The van der Waals surface area contributed by atoms with Crippen LogP contribution in [0.1, 0.15) is 52.0 Å². The summed E-state index contributed by atoms with van der Waals surface area (Å²) in [6, 6.07) is 2.22. The molecule has 17 heavy (non-hydrogen) atoms. The molecule has 1 heterocycles. The quantitative estimate of drug-likeness (QED) is 0.640. The van der Waals surface area contributed by atoms with E-state index in [9.17, 15) is 0 Å². The van der Waals surface area contributed by atoms with Gasteiger partial charge in [-0.3, -0.25) is 0 Å². The summed E-state index contributed by atoms with van der Waals surface area (Å²) in [5.74, 6) is 0. The summed E-state index contributed by atoms with van der Waals surface area (Å²) < 4.78 is 0. The van der Waals surface area contributed by atoms with Crippen LogP contribution in [-0.4, -0.2) is 13.1 Å². The minimum absolute atomic E-state index is 0.448. The van der Waals surface area contributed by atoms with Crippen LogP contribution in [0.2, 0.25) is 0 Å². The molecule has 1 N–H and O–H groups in total. The molecule has 0 unspecified atom stereocenters. The van der Waals surface area contributed by atoms with Crippen molar-refractivity contribution >= 4 is 11.3 Å². The zero-order valence-electron chi connectivity index (χ0n) is 11.6. The van der Waals surface area contributed by atoms with Gasteiger partial charge in [0.15, 0.2) is 0 Å². The molecular formula is C15H27NS. The van der Waals surface area contributed by atoms with Crippen molar-refractivity contribution in [3.63, 3.8) is 0 Å². The second kappa shape index (κ2) is 7.88. The van der Waals surface area contributed by atoms with Gasteiger partial charge in [0, 0.05) is 6.54 Å². The second-order valence-corrected chi connectivity index (χ2v) is 6.46. The molecule has 0 spiro atoms. The highest BCUT2D eigenvalue weighted by Crippen LogP contribution is 2.22. The predicted octanol–water partition coefficient (Wildman–Crippen LogP) is 4.49. The zero-order valence-corrected chi connectivity index (χ0v) is 12.4. The normalized spacial score (nSPS) is 11.9. The molecule has 0 saturated carbocycles. The molecule has 98 valence electrons. The van der Waals surface area contributed by atoms with Gasteiger partial charge >= 0.3 is 0 Å².